The van der Waals surface area contributed by atoms with E-state index in [9.17, 15) is 14.9 Å². The molecule has 0 aliphatic rings. The molecule has 0 radical (unpaired) electrons. The number of nitrogens with one attached hydrogen (secondary N) is 1. The van der Waals surface area contributed by atoms with Gasteiger partial charge in [-0.15, -0.1) is 0 Å². The van der Waals surface area contributed by atoms with E-state index in [1.165, 1.54) is 27.4 Å². The average Bonchev–Trinajstić information content (AvgIpc) is 2.84. The molecule has 1 aromatic heterocycles. The molecule has 3 rings (SSSR count). The summed E-state index contributed by atoms with van der Waals surface area (Å²) >= 11 is 0. The van der Waals surface area contributed by atoms with Crippen LogP contribution in [0.15, 0.2) is 52.4 Å². The van der Waals surface area contributed by atoms with E-state index in [2.05, 4.69) is 15.6 Å². The van der Waals surface area contributed by atoms with Crippen molar-refractivity contribution in [1.29, 1.82) is 5.26 Å². The fourth-order valence-electron chi connectivity index (χ4n) is 3.23. The maximum absolute atomic E-state index is 12.8. The van der Waals surface area contributed by atoms with E-state index in [0.29, 0.717) is 22.7 Å². The van der Waals surface area contributed by atoms with E-state index in [1.807, 2.05) is 25.1 Å². The molecule has 0 saturated carbocycles. The number of aromatic nitrogens is 2. The third kappa shape index (κ3) is 4.75. The minimum Gasteiger partial charge on any atom is -0.493 e. The van der Waals surface area contributed by atoms with Crippen LogP contribution in [0.25, 0.3) is 5.69 Å². The van der Waals surface area contributed by atoms with Crippen molar-refractivity contribution < 1.29 is 14.3 Å². The summed E-state index contributed by atoms with van der Waals surface area (Å²) in [5.41, 5.74) is 3.85. The number of rotatable bonds is 7. The molecule has 0 atom stereocenters. The summed E-state index contributed by atoms with van der Waals surface area (Å²) in [6.07, 6.45) is 2.24. The van der Waals surface area contributed by atoms with Crippen LogP contribution >= 0.6 is 0 Å². The smallest absolute Gasteiger partial charge is 0.292 e. The first-order valence-electron chi connectivity index (χ1n) is 10.1. The molecular weight excluding hydrogens is 422 g/mol. The number of para-hydroxylation sites is 1. The number of nitrogens with zero attached hydrogens (tertiary/aromatic N) is 4. The van der Waals surface area contributed by atoms with Gasteiger partial charge in [0.05, 0.1) is 26.1 Å². The van der Waals surface area contributed by atoms with E-state index in [0.717, 1.165) is 16.7 Å². The Morgan fingerprint density at radius 3 is 2.55 bits per heavy atom. The second kappa shape index (κ2) is 10.2. The lowest BCUT2D eigenvalue weighted by atomic mass is 10.1. The zero-order chi connectivity index (χ0) is 24.0. The van der Waals surface area contributed by atoms with Gasteiger partial charge in [-0.2, -0.15) is 20.1 Å². The number of amides is 1. The van der Waals surface area contributed by atoms with E-state index in [-0.39, 0.29) is 16.8 Å². The number of hydrogen-bond acceptors (Lipinski definition) is 7. The molecule has 1 amide bonds. The Morgan fingerprint density at radius 2 is 1.94 bits per heavy atom. The van der Waals surface area contributed by atoms with Crippen LogP contribution in [0.4, 0.5) is 0 Å². The third-order valence-electron chi connectivity index (χ3n) is 5.06. The van der Waals surface area contributed by atoms with Crippen LogP contribution in [-0.4, -0.2) is 36.1 Å². The molecule has 1 N–H and O–H groups in total. The van der Waals surface area contributed by atoms with Crippen molar-refractivity contribution >= 4 is 12.1 Å². The van der Waals surface area contributed by atoms with Crippen LogP contribution in [-0.2, 0) is 6.42 Å². The number of carbonyl (C=O) groups excluding carboxylic acids is 1. The van der Waals surface area contributed by atoms with Crippen LogP contribution in [0.5, 0.6) is 11.5 Å². The summed E-state index contributed by atoms with van der Waals surface area (Å²) in [6.45, 7) is 3.52. The van der Waals surface area contributed by atoms with Gasteiger partial charge < -0.3 is 9.47 Å². The van der Waals surface area contributed by atoms with Crippen molar-refractivity contribution in [3.05, 3.63) is 80.8 Å². The van der Waals surface area contributed by atoms with Gasteiger partial charge in [0.1, 0.15) is 11.6 Å². The molecule has 9 nitrogen and oxygen atoms in total. The highest BCUT2D eigenvalue weighted by atomic mass is 16.5. The Labute approximate surface area is 190 Å². The average molecular weight is 445 g/mol. The van der Waals surface area contributed by atoms with Gasteiger partial charge in [-0.25, -0.2) is 5.43 Å². The first kappa shape index (κ1) is 23.2. The molecule has 0 spiro atoms. The summed E-state index contributed by atoms with van der Waals surface area (Å²) in [5.74, 6) is 0.314. The molecule has 9 heteroatoms. The fraction of sp³-hybridized carbons (Fsp3) is 0.208. The lowest BCUT2D eigenvalue weighted by Gasteiger charge is -2.11. The molecule has 0 aliphatic carbocycles. The lowest BCUT2D eigenvalue weighted by Crippen LogP contribution is -2.31. The molecule has 0 bridgehead atoms. The summed E-state index contributed by atoms with van der Waals surface area (Å²) in [5, 5.41) is 17.7. The van der Waals surface area contributed by atoms with Crippen molar-refractivity contribution in [2.24, 2.45) is 5.10 Å². The quantitative estimate of drug-likeness (QED) is 0.441. The topological polar surface area (TPSA) is 119 Å². The maximum Gasteiger partial charge on any atom is 0.292 e. The minimum absolute atomic E-state index is 0.0829. The van der Waals surface area contributed by atoms with Crippen LogP contribution in [0, 0.1) is 18.3 Å². The van der Waals surface area contributed by atoms with Gasteiger partial charge in [-0.05, 0) is 43.2 Å². The molecule has 0 aliphatic heterocycles. The Kier molecular flexibility index (Phi) is 7.20. The monoisotopic (exact) mass is 445 g/mol. The number of nitriles is 1. The largest absolute Gasteiger partial charge is 0.493 e. The molecular formula is C24H23N5O4. The predicted molar refractivity (Wildman–Crippen MR) is 123 cm³/mol. The number of carbonyl (C=O) groups is 1. The molecule has 168 valence electrons. The zero-order valence-corrected chi connectivity index (χ0v) is 18.7. The third-order valence-corrected chi connectivity index (χ3v) is 5.06. The molecule has 33 heavy (non-hydrogen) atoms. The van der Waals surface area contributed by atoms with Gasteiger partial charge in [-0.1, -0.05) is 25.1 Å². The molecule has 0 unspecified atom stereocenters. The van der Waals surface area contributed by atoms with Gasteiger partial charge in [-0.3, -0.25) is 9.59 Å². The second-order valence-electron chi connectivity index (χ2n) is 6.98. The van der Waals surface area contributed by atoms with Crippen molar-refractivity contribution in [3.63, 3.8) is 0 Å². The summed E-state index contributed by atoms with van der Waals surface area (Å²) < 4.78 is 11.6. The van der Waals surface area contributed by atoms with Crippen LogP contribution in [0.3, 0.4) is 0 Å². The molecule has 1 heterocycles. The maximum atomic E-state index is 12.8. The van der Waals surface area contributed by atoms with Crippen molar-refractivity contribution in [3.8, 4) is 23.3 Å². The van der Waals surface area contributed by atoms with E-state index >= 15 is 0 Å². The molecule has 0 saturated heterocycles. The SMILES string of the molecule is CCc1ccc(-n2nc(C(=O)N/N=C/c3cccc(OC)c3OC)c(C)c(C#N)c2=O)cc1. The number of aryl methyl sites for hydroxylation is 1. The highest BCUT2D eigenvalue weighted by Gasteiger charge is 2.20. The predicted octanol–water partition coefficient (Wildman–Crippen LogP) is 2.76. The van der Waals surface area contributed by atoms with Crippen LogP contribution in [0.1, 0.15) is 39.7 Å². The van der Waals surface area contributed by atoms with Crippen molar-refractivity contribution in [1.82, 2.24) is 15.2 Å². The highest BCUT2D eigenvalue weighted by Crippen LogP contribution is 2.29. The number of hydrazone groups is 1. The Hall–Kier alpha value is -4.45. The molecule has 0 fully saturated rings. The first-order valence-corrected chi connectivity index (χ1v) is 10.1. The minimum atomic E-state index is -0.666. The normalized spacial score (nSPS) is 10.6. The summed E-state index contributed by atoms with van der Waals surface area (Å²) in [7, 11) is 3.02. The number of ether oxygens (including phenoxy) is 2. The van der Waals surface area contributed by atoms with E-state index < -0.39 is 11.5 Å². The number of methoxy groups -OCH3 is 2. The highest BCUT2D eigenvalue weighted by molar-refractivity contribution is 5.95. The van der Waals surface area contributed by atoms with Gasteiger partial charge >= 0.3 is 0 Å². The second-order valence-corrected chi connectivity index (χ2v) is 6.98. The summed E-state index contributed by atoms with van der Waals surface area (Å²) in [6, 6.07) is 14.3. The Morgan fingerprint density at radius 1 is 1.21 bits per heavy atom. The van der Waals surface area contributed by atoms with Gasteiger partial charge in [0, 0.05) is 11.1 Å². The fourth-order valence-corrected chi connectivity index (χ4v) is 3.23. The zero-order valence-electron chi connectivity index (χ0n) is 18.7. The van der Waals surface area contributed by atoms with E-state index in [4.69, 9.17) is 9.47 Å². The van der Waals surface area contributed by atoms with E-state index in [1.54, 1.807) is 30.3 Å². The standard InChI is InChI=1S/C24H23N5O4/c1-5-16-9-11-18(12-10-16)29-24(31)19(13-25)15(2)21(28-29)23(30)27-26-14-17-7-6-8-20(32-3)22(17)33-4/h6-12,14H,5H2,1-4H3,(H,27,30)/b26-14+. The van der Waals surface area contributed by atoms with Crippen LogP contribution < -0.4 is 20.5 Å². The first-order chi connectivity index (χ1) is 15.9. The van der Waals surface area contributed by atoms with Crippen molar-refractivity contribution in [2.75, 3.05) is 14.2 Å². The number of benzene rings is 2. The van der Waals surface area contributed by atoms with Gasteiger partial charge in [0.2, 0.25) is 0 Å². The van der Waals surface area contributed by atoms with Gasteiger partial charge in [0.15, 0.2) is 17.2 Å². The number of hydrogen-bond donors (Lipinski definition) is 1. The van der Waals surface area contributed by atoms with Crippen LogP contribution in [0.2, 0.25) is 0 Å². The molecule has 2 aromatic carbocycles. The van der Waals surface area contributed by atoms with Crippen molar-refractivity contribution in [2.45, 2.75) is 20.3 Å². The Balaban J connectivity index is 1.96. The lowest BCUT2D eigenvalue weighted by molar-refractivity contribution is 0.0947. The molecule has 3 aromatic rings. The summed E-state index contributed by atoms with van der Waals surface area (Å²) in [4.78, 5) is 25.6. The van der Waals surface area contributed by atoms with Gasteiger partial charge in [0.25, 0.3) is 11.5 Å². The Bertz CT molecular complexity index is 1300.